The SMILES string of the molecule is Cc1ccc2c(c1)C1(SCCN1C(=O)c1cccs1)C(=O)N2Cc1ccc(F)cc1F. The number of fused-ring (bicyclic) bond motifs is 2. The Bertz CT molecular complexity index is 1200. The molecule has 0 saturated carbocycles. The van der Waals surface area contributed by atoms with Gasteiger partial charge in [0.15, 0.2) is 4.87 Å². The average Bonchev–Trinajstić information content (AvgIpc) is 3.47. The van der Waals surface area contributed by atoms with E-state index in [1.165, 1.54) is 40.1 Å². The lowest BCUT2D eigenvalue weighted by molar-refractivity contribution is -0.123. The molecule has 1 unspecified atom stereocenters. The van der Waals surface area contributed by atoms with Crippen molar-refractivity contribution in [1.29, 1.82) is 0 Å². The fourth-order valence-electron chi connectivity index (χ4n) is 4.24. The number of nitrogens with zero attached hydrogens (tertiary/aromatic N) is 2. The molecule has 0 bridgehead atoms. The van der Waals surface area contributed by atoms with Crippen LogP contribution in [0.25, 0.3) is 0 Å². The van der Waals surface area contributed by atoms with Crippen LogP contribution in [-0.2, 0) is 16.2 Å². The third kappa shape index (κ3) is 3.08. The fraction of sp³-hybridized carbons (Fsp3) is 0.217. The van der Waals surface area contributed by atoms with Gasteiger partial charge in [0.25, 0.3) is 11.8 Å². The van der Waals surface area contributed by atoms with Crippen molar-refractivity contribution in [3.05, 3.63) is 87.1 Å². The maximum absolute atomic E-state index is 14.4. The Morgan fingerprint density at radius 2 is 2.00 bits per heavy atom. The molecule has 158 valence electrons. The third-order valence-corrected chi connectivity index (χ3v) is 7.95. The van der Waals surface area contributed by atoms with E-state index in [0.29, 0.717) is 22.9 Å². The Labute approximate surface area is 186 Å². The third-order valence-electron chi connectivity index (χ3n) is 5.67. The molecule has 2 aliphatic rings. The normalized spacial score (nSPS) is 20.0. The van der Waals surface area contributed by atoms with Crippen LogP contribution in [0.4, 0.5) is 14.5 Å². The summed E-state index contributed by atoms with van der Waals surface area (Å²) in [7, 11) is 0. The molecule has 0 aliphatic carbocycles. The number of anilines is 1. The fourth-order valence-corrected chi connectivity index (χ4v) is 6.36. The second-order valence-electron chi connectivity index (χ2n) is 7.57. The van der Waals surface area contributed by atoms with Gasteiger partial charge in [-0.05, 0) is 30.5 Å². The van der Waals surface area contributed by atoms with E-state index >= 15 is 0 Å². The van der Waals surface area contributed by atoms with Crippen LogP contribution in [-0.4, -0.2) is 29.0 Å². The van der Waals surface area contributed by atoms with Crippen LogP contribution in [0.3, 0.4) is 0 Å². The monoisotopic (exact) mass is 456 g/mol. The summed E-state index contributed by atoms with van der Waals surface area (Å²) < 4.78 is 27.8. The van der Waals surface area contributed by atoms with E-state index in [1.807, 2.05) is 36.6 Å². The highest BCUT2D eigenvalue weighted by atomic mass is 32.2. The first-order chi connectivity index (χ1) is 14.9. The minimum atomic E-state index is -1.18. The minimum absolute atomic E-state index is 0.0374. The molecule has 1 fully saturated rings. The van der Waals surface area contributed by atoms with E-state index in [4.69, 9.17) is 0 Å². The highest BCUT2D eigenvalue weighted by Crippen LogP contribution is 2.55. The number of amides is 2. The second kappa shape index (κ2) is 7.46. The van der Waals surface area contributed by atoms with Gasteiger partial charge in [0, 0.05) is 29.5 Å². The van der Waals surface area contributed by atoms with Gasteiger partial charge in [-0.1, -0.05) is 29.8 Å². The molecular formula is C23H18F2N2O2S2. The number of thioether (sulfide) groups is 1. The number of aryl methyl sites for hydroxylation is 1. The largest absolute Gasteiger partial charge is 0.310 e. The second-order valence-corrected chi connectivity index (χ2v) is 9.81. The van der Waals surface area contributed by atoms with Gasteiger partial charge in [-0.25, -0.2) is 8.78 Å². The van der Waals surface area contributed by atoms with Gasteiger partial charge in [0.05, 0.1) is 17.1 Å². The molecule has 5 rings (SSSR count). The molecule has 1 spiro atoms. The Morgan fingerprint density at radius 1 is 1.16 bits per heavy atom. The quantitative estimate of drug-likeness (QED) is 0.562. The summed E-state index contributed by atoms with van der Waals surface area (Å²) in [5, 5.41) is 1.83. The standard InChI is InChI=1S/C23H18F2N2O2S2/c1-14-4-7-19-17(11-14)23(27(8-10-31-23)21(28)20-3-2-9-30-20)22(29)26(19)13-15-5-6-16(24)12-18(15)25/h2-7,9,11-12H,8,10,13H2,1H3. The van der Waals surface area contributed by atoms with E-state index in [0.717, 1.165) is 17.2 Å². The summed E-state index contributed by atoms with van der Waals surface area (Å²) in [4.78, 5) is 29.7. The molecule has 1 atom stereocenters. The maximum atomic E-state index is 14.4. The minimum Gasteiger partial charge on any atom is -0.310 e. The number of hydrogen-bond acceptors (Lipinski definition) is 4. The molecule has 3 heterocycles. The summed E-state index contributed by atoms with van der Waals surface area (Å²) >= 11 is 2.77. The zero-order valence-electron chi connectivity index (χ0n) is 16.6. The molecule has 1 aromatic heterocycles. The van der Waals surface area contributed by atoms with Crippen molar-refractivity contribution in [1.82, 2.24) is 4.90 Å². The van der Waals surface area contributed by atoms with Crippen molar-refractivity contribution in [2.24, 2.45) is 0 Å². The molecule has 4 nitrogen and oxygen atoms in total. The first kappa shape index (κ1) is 20.2. The Morgan fingerprint density at radius 3 is 2.74 bits per heavy atom. The van der Waals surface area contributed by atoms with Crippen LogP contribution in [0.5, 0.6) is 0 Å². The Kier molecular flexibility index (Phi) is 4.86. The summed E-state index contributed by atoms with van der Waals surface area (Å²) in [5.41, 5.74) is 2.58. The zero-order valence-corrected chi connectivity index (χ0v) is 18.2. The first-order valence-electron chi connectivity index (χ1n) is 9.78. The number of benzene rings is 2. The lowest BCUT2D eigenvalue weighted by Crippen LogP contribution is -2.50. The Hall–Kier alpha value is -2.71. The van der Waals surface area contributed by atoms with Crippen LogP contribution in [0.1, 0.15) is 26.4 Å². The number of hydrogen-bond donors (Lipinski definition) is 0. The number of rotatable bonds is 3. The average molecular weight is 457 g/mol. The molecule has 2 aromatic carbocycles. The van der Waals surface area contributed by atoms with Crippen molar-refractivity contribution >= 4 is 40.6 Å². The lowest BCUT2D eigenvalue weighted by atomic mass is 10.0. The van der Waals surface area contributed by atoms with Crippen LogP contribution >= 0.6 is 23.1 Å². The highest BCUT2D eigenvalue weighted by molar-refractivity contribution is 8.01. The zero-order chi connectivity index (χ0) is 21.8. The van der Waals surface area contributed by atoms with Crippen LogP contribution < -0.4 is 4.90 Å². The first-order valence-corrected chi connectivity index (χ1v) is 11.6. The highest BCUT2D eigenvalue weighted by Gasteiger charge is 2.59. The van der Waals surface area contributed by atoms with Crippen molar-refractivity contribution < 1.29 is 18.4 Å². The molecule has 31 heavy (non-hydrogen) atoms. The van der Waals surface area contributed by atoms with Gasteiger partial charge >= 0.3 is 0 Å². The van der Waals surface area contributed by atoms with E-state index in [2.05, 4.69) is 0 Å². The molecule has 2 aliphatic heterocycles. The molecule has 2 amide bonds. The molecule has 3 aromatic rings. The van der Waals surface area contributed by atoms with E-state index in [-0.39, 0.29) is 23.9 Å². The van der Waals surface area contributed by atoms with Gasteiger partial charge < -0.3 is 9.80 Å². The van der Waals surface area contributed by atoms with Crippen molar-refractivity contribution in [3.8, 4) is 0 Å². The maximum Gasteiger partial charge on any atom is 0.268 e. The van der Waals surface area contributed by atoms with Crippen molar-refractivity contribution in [2.45, 2.75) is 18.3 Å². The topological polar surface area (TPSA) is 40.6 Å². The van der Waals surface area contributed by atoms with E-state index in [9.17, 15) is 18.4 Å². The number of carbonyl (C=O) groups excluding carboxylic acids is 2. The number of halogens is 2. The van der Waals surface area contributed by atoms with Gasteiger partial charge in [-0.3, -0.25) is 9.59 Å². The van der Waals surface area contributed by atoms with Crippen LogP contribution in [0, 0.1) is 18.6 Å². The number of carbonyl (C=O) groups is 2. The molecular weight excluding hydrogens is 438 g/mol. The van der Waals surface area contributed by atoms with Gasteiger partial charge in [-0.15, -0.1) is 23.1 Å². The van der Waals surface area contributed by atoms with E-state index < -0.39 is 16.5 Å². The van der Waals surface area contributed by atoms with Gasteiger partial charge in [0.2, 0.25) is 0 Å². The molecule has 0 N–H and O–H groups in total. The van der Waals surface area contributed by atoms with Crippen LogP contribution in [0.2, 0.25) is 0 Å². The summed E-state index contributed by atoms with van der Waals surface area (Å²) in [6.07, 6.45) is 0. The summed E-state index contributed by atoms with van der Waals surface area (Å²) in [5.74, 6) is -1.21. The van der Waals surface area contributed by atoms with Gasteiger partial charge in [0.1, 0.15) is 11.6 Å². The summed E-state index contributed by atoms with van der Waals surface area (Å²) in [6, 6.07) is 12.6. The lowest BCUT2D eigenvalue weighted by Gasteiger charge is -2.33. The van der Waals surface area contributed by atoms with E-state index in [1.54, 1.807) is 11.0 Å². The number of thiophene rings is 1. The van der Waals surface area contributed by atoms with Gasteiger partial charge in [-0.2, -0.15) is 0 Å². The molecule has 0 radical (unpaired) electrons. The van der Waals surface area contributed by atoms with Crippen molar-refractivity contribution in [2.75, 3.05) is 17.2 Å². The Balaban J connectivity index is 1.61. The van der Waals surface area contributed by atoms with Crippen molar-refractivity contribution in [3.63, 3.8) is 0 Å². The van der Waals surface area contributed by atoms with Crippen LogP contribution in [0.15, 0.2) is 53.9 Å². The predicted molar refractivity (Wildman–Crippen MR) is 118 cm³/mol. The molecule has 1 saturated heterocycles. The smallest absolute Gasteiger partial charge is 0.268 e. The molecule has 8 heteroatoms. The predicted octanol–water partition coefficient (Wildman–Crippen LogP) is 4.92. The summed E-state index contributed by atoms with van der Waals surface area (Å²) in [6.45, 7) is 2.34.